The molecule has 1 saturated heterocycles. The minimum Gasteiger partial charge on any atom is -0.785 e. The Bertz CT molecular complexity index is 124. The molecular weight excluding hydrogens is 126 g/mol. The van der Waals surface area contributed by atoms with Gasteiger partial charge in [-0.3, -0.25) is 0 Å². The first-order chi connectivity index (χ1) is 4.88. The Labute approximate surface area is 61.8 Å². The third-order valence-electron chi connectivity index (χ3n) is 2.96. The van der Waals surface area contributed by atoms with E-state index in [2.05, 4.69) is 0 Å². The standard InChI is InChI=1S/C8H14NO/c10-9-6-5-7-3-1-2-4-8(7)9/h7-8H,1-6H2/q-1. The van der Waals surface area contributed by atoms with E-state index in [0.29, 0.717) is 6.04 Å². The first kappa shape index (κ1) is 6.62. The third kappa shape index (κ3) is 0.956. The number of nitrogens with zero attached hydrogens (tertiary/aromatic N) is 1. The van der Waals surface area contributed by atoms with Gasteiger partial charge in [-0.1, -0.05) is 12.8 Å². The van der Waals surface area contributed by atoms with Crippen LogP contribution >= 0.6 is 0 Å². The molecule has 0 aromatic carbocycles. The second-order valence-corrected chi connectivity index (χ2v) is 3.54. The number of hydrogen-bond acceptors (Lipinski definition) is 2. The SMILES string of the molecule is [O-]N1CCC2CCCCC21. The van der Waals surface area contributed by atoms with Crippen molar-refractivity contribution in [1.29, 1.82) is 0 Å². The Kier molecular flexibility index (Phi) is 1.66. The van der Waals surface area contributed by atoms with Crippen molar-refractivity contribution in [2.24, 2.45) is 5.92 Å². The van der Waals surface area contributed by atoms with E-state index in [0.717, 1.165) is 25.3 Å². The van der Waals surface area contributed by atoms with E-state index in [-0.39, 0.29) is 0 Å². The van der Waals surface area contributed by atoms with Gasteiger partial charge in [-0.05, 0) is 31.7 Å². The summed E-state index contributed by atoms with van der Waals surface area (Å²) in [6.07, 6.45) is 6.26. The molecule has 1 aliphatic carbocycles. The highest BCUT2D eigenvalue weighted by atomic mass is 16.5. The van der Waals surface area contributed by atoms with Crippen LogP contribution in [0, 0.1) is 11.1 Å². The summed E-state index contributed by atoms with van der Waals surface area (Å²) >= 11 is 0. The lowest BCUT2D eigenvalue weighted by atomic mass is 9.85. The Morgan fingerprint density at radius 3 is 2.70 bits per heavy atom. The second kappa shape index (κ2) is 2.51. The molecule has 10 heavy (non-hydrogen) atoms. The van der Waals surface area contributed by atoms with Crippen molar-refractivity contribution in [1.82, 2.24) is 5.06 Å². The average Bonchev–Trinajstić information content (AvgIpc) is 2.34. The summed E-state index contributed by atoms with van der Waals surface area (Å²) in [5, 5.41) is 12.4. The monoisotopic (exact) mass is 140 g/mol. The van der Waals surface area contributed by atoms with Crippen LogP contribution in [0.5, 0.6) is 0 Å². The Morgan fingerprint density at radius 1 is 1.10 bits per heavy atom. The molecule has 2 rings (SSSR count). The molecule has 1 heterocycles. The molecule has 2 heteroatoms. The van der Waals surface area contributed by atoms with Gasteiger partial charge in [0.2, 0.25) is 0 Å². The van der Waals surface area contributed by atoms with Crippen molar-refractivity contribution >= 4 is 0 Å². The minimum atomic E-state index is 0.411. The molecule has 1 saturated carbocycles. The van der Waals surface area contributed by atoms with Gasteiger partial charge in [-0.25, -0.2) is 0 Å². The van der Waals surface area contributed by atoms with E-state index >= 15 is 0 Å². The van der Waals surface area contributed by atoms with Crippen LogP contribution in [0.15, 0.2) is 0 Å². The highest BCUT2D eigenvalue weighted by Gasteiger charge is 2.30. The van der Waals surface area contributed by atoms with Gasteiger partial charge >= 0.3 is 0 Å². The number of rotatable bonds is 0. The summed E-state index contributed by atoms with van der Waals surface area (Å²) in [5.74, 6) is 0.756. The molecule has 2 aliphatic rings. The quantitative estimate of drug-likeness (QED) is 0.512. The van der Waals surface area contributed by atoms with E-state index in [1.165, 1.54) is 24.3 Å². The second-order valence-electron chi connectivity index (χ2n) is 3.54. The maximum Gasteiger partial charge on any atom is 0.000309 e. The van der Waals surface area contributed by atoms with Crippen molar-refractivity contribution in [2.75, 3.05) is 6.54 Å². The summed E-state index contributed by atoms with van der Waals surface area (Å²) in [6, 6.07) is 0.411. The fourth-order valence-electron chi connectivity index (χ4n) is 2.36. The average molecular weight is 140 g/mol. The first-order valence-electron chi connectivity index (χ1n) is 4.32. The van der Waals surface area contributed by atoms with Gasteiger partial charge in [0.1, 0.15) is 0 Å². The zero-order valence-corrected chi connectivity index (χ0v) is 6.25. The van der Waals surface area contributed by atoms with Crippen LogP contribution in [-0.4, -0.2) is 17.6 Å². The molecule has 0 amide bonds. The van der Waals surface area contributed by atoms with Gasteiger partial charge < -0.3 is 10.3 Å². The fourth-order valence-corrected chi connectivity index (χ4v) is 2.36. The maximum atomic E-state index is 11.1. The molecule has 2 atom stereocenters. The molecule has 2 fully saturated rings. The Hall–Kier alpha value is -0.0800. The molecule has 0 bridgehead atoms. The van der Waals surface area contributed by atoms with Crippen molar-refractivity contribution in [2.45, 2.75) is 38.1 Å². The Morgan fingerprint density at radius 2 is 1.90 bits per heavy atom. The molecule has 0 radical (unpaired) electrons. The summed E-state index contributed by atoms with van der Waals surface area (Å²) in [7, 11) is 0. The lowest BCUT2D eigenvalue weighted by Gasteiger charge is -2.35. The van der Waals surface area contributed by atoms with Crippen LogP contribution in [0.1, 0.15) is 32.1 Å². The topological polar surface area (TPSA) is 26.3 Å². The minimum absolute atomic E-state index is 0.411. The molecule has 2 unspecified atom stereocenters. The van der Waals surface area contributed by atoms with E-state index in [9.17, 15) is 5.21 Å². The number of hydroxylamine groups is 2. The normalized spacial score (nSPS) is 41.7. The van der Waals surface area contributed by atoms with Crippen molar-refractivity contribution in [3.8, 4) is 0 Å². The zero-order chi connectivity index (χ0) is 6.97. The highest BCUT2D eigenvalue weighted by Crippen LogP contribution is 2.35. The van der Waals surface area contributed by atoms with Crippen molar-refractivity contribution in [3.05, 3.63) is 5.21 Å². The molecule has 58 valence electrons. The summed E-state index contributed by atoms with van der Waals surface area (Å²) < 4.78 is 0. The van der Waals surface area contributed by atoms with Crippen molar-refractivity contribution < 1.29 is 0 Å². The summed E-state index contributed by atoms with van der Waals surface area (Å²) in [4.78, 5) is 0. The van der Waals surface area contributed by atoms with Crippen LogP contribution < -0.4 is 0 Å². The van der Waals surface area contributed by atoms with Crippen LogP contribution in [0.25, 0.3) is 0 Å². The third-order valence-corrected chi connectivity index (χ3v) is 2.96. The van der Waals surface area contributed by atoms with Gasteiger partial charge in [0, 0.05) is 6.04 Å². The predicted molar refractivity (Wildman–Crippen MR) is 40.4 cm³/mol. The van der Waals surface area contributed by atoms with Crippen molar-refractivity contribution in [3.63, 3.8) is 0 Å². The first-order valence-corrected chi connectivity index (χ1v) is 4.32. The summed E-state index contributed by atoms with van der Waals surface area (Å²) in [6.45, 7) is 0.801. The van der Waals surface area contributed by atoms with Crippen LogP contribution in [-0.2, 0) is 0 Å². The molecule has 0 aromatic rings. The van der Waals surface area contributed by atoms with E-state index in [4.69, 9.17) is 0 Å². The van der Waals surface area contributed by atoms with E-state index < -0.39 is 0 Å². The van der Waals surface area contributed by atoms with Crippen LogP contribution in [0.2, 0.25) is 0 Å². The maximum absolute atomic E-state index is 11.1. The van der Waals surface area contributed by atoms with Gasteiger partial charge in [0.05, 0.1) is 0 Å². The van der Waals surface area contributed by atoms with Gasteiger partial charge in [0.15, 0.2) is 0 Å². The van der Waals surface area contributed by atoms with Gasteiger partial charge in [0.25, 0.3) is 0 Å². The number of fused-ring (bicyclic) bond motifs is 1. The molecule has 1 aliphatic heterocycles. The van der Waals surface area contributed by atoms with Crippen LogP contribution in [0.3, 0.4) is 0 Å². The molecular formula is C8H14NO-. The van der Waals surface area contributed by atoms with E-state index in [1.54, 1.807) is 0 Å². The van der Waals surface area contributed by atoms with Gasteiger partial charge in [-0.2, -0.15) is 0 Å². The molecule has 0 N–H and O–H groups in total. The largest absolute Gasteiger partial charge is 0.785 e. The number of hydrogen-bond donors (Lipinski definition) is 0. The van der Waals surface area contributed by atoms with Gasteiger partial charge in [-0.15, -0.1) is 0 Å². The highest BCUT2D eigenvalue weighted by molar-refractivity contribution is 4.89. The molecule has 0 spiro atoms. The van der Waals surface area contributed by atoms with E-state index in [1.807, 2.05) is 0 Å². The fraction of sp³-hybridized carbons (Fsp3) is 1.00. The smallest absolute Gasteiger partial charge is 0.000309 e. The Balaban J connectivity index is 2.01. The summed E-state index contributed by atoms with van der Waals surface area (Å²) in [5.41, 5.74) is 0. The molecule has 2 nitrogen and oxygen atoms in total. The molecule has 0 aromatic heterocycles. The van der Waals surface area contributed by atoms with Crippen LogP contribution in [0.4, 0.5) is 0 Å². The zero-order valence-electron chi connectivity index (χ0n) is 6.25. The predicted octanol–water partition coefficient (Wildman–Crippen LogP) is 1.75. The lowest BCUT2D eigenvalue weighted by Crippen LogP contribution is -2.30. The lowest BCUT2D eigenvalue weighted by molar-refractivity contribution is 0.236.